The second-order valence-corrected chi connectivity index (χ2v) is 6.83. The molecule has 138 valence electrons. The van der Waals surface area contributed by atoms with Crippen molar-refractivity contribution < 1.29 is 14.3 Å². The number of ether oxygens (including phenoxy) is 1. The minimum Gasteiger partial charge on any atom is -0.452 e. The molecule has 2 rings (SSSR count). The molecule has 1 atom stereocenters. The van der Waals surface area contributed by atoms with Gasteiger partial charge in [0, 0.05) is 5.69 Å². The lowest BCUT2D eigenvalue weighted by Crippen LogP contribution is -2.21. The van der Waals surface area contributed by atoms with E-state index >= 15 is 0 Å². The van der Waals surface area contributed by atoms with Gasteiger partial charge in [-0.3, -0.25) is 4.79 Å². The molecular weight excluding hydrogens is 326 g/mol. The minimum atomic E-state index is -0.498. The molecule has 0 fully saturated rings. The van der Waals surface area contributed by atoms with Gasteiger partial charge in [0.25, 0.3) is 5.91 Å². The fraction of sp³-hybridized carbons (Fsp3) is 0.364. The van der Waals surface area contributed by atoms with Crippen LogP contribution in [0, 0.1) is 0 Å². The number of hydrogen-bond donors (Lipinski definition) is 1. The highest BCUT2D eigenvalue weighted by Crippen LogP contribution is 2.20. The van der Waals surface area contributed by atoms with Gasteiger partial charge in [0.05, 0.1) is 5.56 Å². The molecule has 4 nitrogen and oxygen atoms in total. The predicted octanol–water partition coefficient (Wildman–Crippen LogP) is 5.12. The van der Waals surface area contributed by atoms with E-state index in [1.54, 1.807) is 12.1 Å². The Kier molecular flexibility index (Phi) is 6.96. The lowest BCUT2D eigenvalue weighted by Gasteiger charge is -2.11. The maximum absolute atomic E-state index is 12.0. The van der Waals surface area contributed by atoms with Crippen molar-refractivity contribution in [2.75, 3.05) is 11.9 Å². The Labute approximate surface area is 155 Å². The van der Waals surface area contributed by atoms with Crippen LogP contribution in [-0.4, -0.2) is 18.5 Å². The standard InChI is InChI=1S/C22H27NO3/c1-5-16(4)18-10-12-20(13-11-18)23-21(24)14-26-22(25)19-8-6-17(7-9-19)15(2)3/h6-13,15-16H,5,14H2,1-4H3,(H,23,24)/t16-/m0/s1. The number of amides is 1. The molecule has 2 aromatic carbocycles. The largest absolute Gasteiger partial charge is 0.452 e. The van der Waals surface area contributed by atoms with Crippen LogP contribution < -0.4 is 5.32 Å². The van der Waals surface area contributed by atoms with Gasteiger partial charge < -0.3 is 10.1 Å². The number of esters is 1. The van der Waals surface area contributed by atoms with E-state index in [4.69, 9.17) is 4.74 Å². The van der Waals surface area contributed by atoms with E-state index in [0.717, 1.165) is 12.0 Å². The highest BCUT2D eigenvalue weighted by Gasteiger charge is 2.11. The number of carbonyl (C=O) groups is 2. The van der Waals surface area contributed by atoms with E-state index in [-0.39, 0.29) is 12.5 Å². The van der Waals surface area contributed by atoms with Crippen LogP contribution in [0.3, 0.4) is 0 Å². The first-order valence-electron chi connectivity index (χ1n) is 9.07. The molecule has 1 N–H and O–H groups in total. The molecule has 0 saturated carbocycles. The fourth-order valence-corrected chi connectivity index (χ4v) is 2.55. The molecule has 2 aromatic rings. The van der Waals surface area contributed by atoms with Crippen LogP contribution in [0.25, 0.3) is 0 Å². The van der Waals surface area contributed by atoms with E-state index in [2.05, 4.69) is 33.0 Å². The third-order valence-electron chi connectivity index (χ3n) is 4.52. The molecule has 0 aromatic heterocycles. The van der Waals surface area contributed by atoms with Gasteiger partial charge in [0.2, 0.25) is 0 Å². The maximum atomic E-state index is 12.0. The Balaban J connectivity index is 1.85. The summed E-state index contributed by atoms with van der Waals surface area (Å²) in [5.74, 6) is 0.0383. The summed E-state index contributed by atoms with van der Waals surface area (Å²) in [6.45, 7) is 8.18. The van der Waals surface area contributed by atoms with E-state index in [1.807, 2.05) is 36.4 Å². The first-order chi connectivity index (χ1) is 12.4. The third-order valence-corrected chi connectivity index (χ3v) is 4.52. The number of carbonyl (C=O) groups excluding carboxylic acids is 2. The van der Waals surface area contributed by atoms with Gasteiger partial charge in [-0.05, 0) is 53.6 Å². The maximum Gasteiger partial charge on any atom is 0.338 e. The zero-order chi connectivity index (χ0) is 19.1. The zero-order valence-electron chi connectivity index (χ0n) is 15.9. The Morgan fingerprint density at radius 3 is 2.04 bits per heavy atom. The van der Waals surface area contributed by atoms with Crippen LogP contribution in [0.5, 0.6) is 0 Å². The summed E-state index contributed by atoms with van der Waals surface area (Å²) in [7, 11) is 0. The SMILES string of the molecule is CC[C@H](C)c1ccc(NC(=O)COC(=O)c2ccc(C(C)C)cc2)cc1. The first-order valence-corrected chi connectivity index (χ1v) is 9.07. The van der Waals surface area contributed by atoms with Crippen LogP contribution in [-0.2, 0) is 9.53 Å². The molecule has 0 spiro atoms. The zero-order valence-corrected chi connectivity index (χ0v) is 15.9. The Morgan fingerprint density at radius 2 is 1.50 bits per heavy atom. The highest BCUT2D eigenvalue weighted by atomic mass is 16.5. The molecule has 0 heterocycles. The average Bonchev–Trinajstić information content (AvgIpc) is 2.66. The summed E-state index contributed by atoms with van der Waals surface area (Å²) in [6.07, 6.45) is 1.07. The molecule has 1 amide bonds. The lowest BCUT2D eigenvalue weighted by molar-refractivity contribution is -0.119. The van der Waals surface area contributed by atoms with Gasteiger partial charge in [-0.15, -0.1) is 0 Å². The molecule has 0 aliphatic rings. The van der Waals surface area contributed by atoms with Crippen molar-refractivity contribution in [3.8, 4) is 0 Å². The quantitative estimate of drug-likeness (QED) is 0.703. The third kappa shape index (κ3) is 5.45. The molecule has 0 aliphatic carbocycles. The first kappa shape index (κ1) is 19.7. The number of rotatable bonds is 7. The van der Waals surface area contributed by atoms with Crippen molar-refractivity contribution in [2.45, 2.75) is 46.0 Å². The summed E-state index contributed by atoms with van der Waals surface area (Å²) in [5, 5.41) is 2.74. The van der Waals surface area contributed by atoms with Gasteiger partial charge in [0.15, 0.2) is 6.61 Å². The fourth-order valence-electron chi connectivity index (χ4n) is 2.55. The predicted molar refractivity (Wildman–Crippen MR) is 105 cm³/mol. The van der Waals surface area contributed by atoms with Crippen molar-refractivity contribution in [1.82, 2.24) is 0 Å². The molecule has 0 bridgehead atoms. The molecule has 0 saturated heterocycles. The Hall–Kier alpha value is -2.62. The van der Waals surface area contributed by atoms with E-state index in [1.165, 1.54) is 5.56 Å². The van der Waals surface area contributed by atoms with Gasteiger partial charge in [-0.1, -0.05) is 52.0 Å². The van der Waals surface area contributed by atoms with Crippen molar-refractivity contribution in [2.24, 2.45) is 0 Å². The second kappa shape index (κ2) is 9.18. The van der Waals surface area contributed by atoms with E-state index in [9.17, 15) is 9.59 Å². The number of nitrogens with one attached hydrogen (secondary N) is 1. The minimum absolute atomic E-state index is 0.308. The summed E-state index contributed by atoms with van der Waals surface area (Å²) >= 11 is 0. The number of hydrogen-bond acceptors (Lipinski definition) is 3. The van der Waals surface area contributed by atoms with E-state index in [0.29, 0.717) is 23.1 Å². The van der Waals surface area contributed by atoms with Crippen molar-refractivity contribution in [3.63, 3.8) is 0 Å². The molecule has 4 heteroatoms. The van der Waals surface area contributed by atoms with Crippen molar-refractivity contribution in [1.29, 1.82) is 0 Å². The molecule has 0 radical (unpaired) electrons. The number of anilines is 1. The lowest BCUT2D eigenvalue weighted by atomic mass is 9.99. The van der Waals surface area contributed by atoms with Gasteiger partial charge in [-0.25, -0.2) is 4.79 Å². The second-order valence-electron chi connectivity index (χ2n) is 6.83. The van der Waals surface area contributed by atoms with Crippen LogP contribution in [0.4, 0.5) is 5.69 Å². The van der Waals surface area contributed by atoms with Gasteiger partial charge >= 0.3 is 5.97 Å². The molecule has 0 aliphatic heterocycles. The van der Waals surface area contributed by atoms with Crippen molar-refractivity contribution in [3.05, 3.63) is 65.2 Å². The van der Waals surface area contributed by atoms with Crippen LogP contribution in [0.15, 0.2) is 48.5 Å². The molecular formula is C22H27NO3. The van der Waals surface area contributed by atoms with E-state index < -0.39 is 5.97 Å². The Bertz CT molecular complexity index is 733. The Morgan fingerprint density at radius 1 is 0.923 bits per heavy atom. The summed E-state index contributed by atoms with van der Waals surface area (Å²) in [6, 6.07) is 15.0. The summed E-state index contributed by atoms with van der Waals surface area (Å²) in [5.41, 5.74) is 3.53. The van der Waals surface area contributed by atoms with Crippen LogP contribution >= 0.6 is 0 Å². The van der Waals surface area contributed by atoms with Gasteiger partial charge in [0.1, 0.15) is 0 Å². The van der Waals surface area contributed by atoms with Gasteiger partial charge in [-0.2, -0.15) is 0 Å². The summed E-state index contributed by atoms with van der Waals surface area (Å²) in [4.78, 5) is 24.0. The normalized spacial score (nSPS) is 11.9. The van der Waals surface area contributed by atoms with Crippen LogP contribution in [0.1, 0.15) is 67.4 Å². The molecule has 26 heavy (non-hydrogen) atoms. The smallest absolute Gasteiger partial charge is 0.338 e. The topological polar surface area (TPSA) is 55.4 Å². The number of benzene rings is 2. The van der Waals surface area contributed by atoms with Crippen LogP contribution in [0.2, 0.25) is 0 Å². The monoisotopic (exact) mass is 353 g/mol. The average molecular weight is 353 g/mol. The highest BCUT2D eigenvalue weighted by molar-refractivity contribution is 5.95. The van der Waals surface area contributed by atoms with Crippen molar-refractivity contribution >= 4 is 17.6 Å². The summed E-state index contributed by atoms with van der Waals surface area (Å²) < 4.78 is 5.09. The molecule has 0 unspecified atom stereocenters.